The molecule has 134 valence electrons. The highest BCUT2D eigenvalue weighted by atomic mass is 32.2. The molecule has 1 aliphatic heterocycles. The molecule has 0 aliphatic carbocycles. The van der Waals surface area contributed by atoms with E-state index >= 15 is 0 Å². The van der Waals surface area contributed by atoms with Gasteiger partial charge in [-0.1, -0.05) is 35.5 Å². The number of carbonyl (C=O) groups excluding carboxylic acids is 1. The van der Waals surface area contributed by atoms with Crippen LogP contribution in [0, 0.1) is 0 Å². The Morgan fingerprint density at radius 1 is 1.19 bits per heavy atom. The molecule has 3 heterocycles. The predicted octanol–water partition coefficient (Wildman–Crippen LogP) is 4.40. The Kier molecular flexibility index (Phi) is 3.98. The largest absolute Gasteiger partial charge is 0.361 e. The van der Waals surface area contributed by atoms with Crippen molar-refractivity contribution in [1.29, 1.82) is 0 Å². The zero-order valence-corrected chi connectivity index (χ0v) is 15.3. The van der Waals surface area contributed by atoms with Crippen molar-refractivity contribution < 1.29 is 9.32 Å². The number of aromatic amines is 1. The lowest BCUT2D eigenvalue weighted by atomic mass is 10.1. The summed E-state index contributed by atoms with van der Waals surface area (Å²) < 4.78 is 5.52. The first-order chi connectivity index (χ1) is 13.3. The summed E-state index contributed by atoms with van der Waals surface area (Å²) >= 11 is 1.71. The van der Waals surface area contributed by atoms with E-state index in [0.29, 0.717) is 23.8 Å². The van der Waals surface area contributed by atoms with Gasteiger partial charge in [-0.25, -0.2) is 0 Å². The fourth-order valence-electron chi connectivity index (χ4n) is 3.50. The Balaban J connectivity index is 1.31. The van der Waals surface area contributed by atoms with Crippen molar-refractivity contribution in [3.8, 4) is 11.3 Å². The molecular weight excluding hydrogens is 358 g/mol. The standard InChI is InChI=1S/C21H17N3O2S/c25-21(22-10-9-13-11-23-17-7-3-1-5-14(13)17)19-16-12-27-18-8-4-2-6-15(18)20(16)26-24-19/h1-8,11,23H,9-10,12H2,(H,22,25). The average Bonchev–Trinajstić information content (AvgIpc) is 3.32. The second-order valence-electron chi connectivity index (χ2n) is 6.49. The van der Waals surface area contributed by atoms with Crippen molar-refractivity contribution in [2.24, 2.45) is 0 Å². The van der Waals surface area contributed by atoms with E-state index in [1.165, 1.54) is 10.9 Å². The molecule has 2 aromatic heterocycles. The van der Waals surface area contributed by atoms with Crippen molar-refractivity contribution in [3.63, 3.8) is 0 Å². The molecule has 4 aromatic rings. The van der Waals surface area contributed by atoms with Crippen molar-refractivity contribution >= 4 is 28.6 Å². The van der Waals surface area contributed by atoms with Crippen molar-refractivity contribution in [1.82, 2.24) is 15.5 Å². The van der Waals surface area contributed by atoms with E-state index in [1.807, 2.05) is 36.5 Å². The first-order valence-electron chi connectivity index (χ1n) is 8.85. The zero-order chi connectivity index (χ0) is 18.2. The van der Waals surface area contributed by atoms with Gasteiger partial charge >= 0.3 is 0 Å². The van der Waals surface area contributed by atoms with Crippen LogP contribution in [0.25, 0.3) is 22.2 Å². The normalized spacial score (nSPS) is 12.6. The van der Waals surface area contributed by atoms with Crippen LogP contribution in [0.15, 0.2) is 64.1 Å². The summed E-state index contributed by atoms with van der Waals surface area (Å²) in [6.45, 7) is 0.548. The van der Waals surface area contributed by atoms with E-state index in [2.05, 4.69) is 33.7 Å². The van der Waals surface area contributed by atoms with Crippen LogP contribution >= 0.6 is 11.8 Å². The zero-order valence-electron chi connectivity index (χ0n) is 14.5. The van der Waals surface area contributed by atoms with Crippen molar-refractivity contribution in [2.45, 2.75) is 17.1 Å². The maximum atomic E-state index is 12.6. The van der Waals surface area contributed by atoms with Gasteiger partial charge in [0.2, 0.25) is 0 Å². The Bertz CT molecular complexity index is 1150. The van der Waals surface area contributed by atoms with Crippen LogP contribution < -0.4 is 5.32 Å². The number of carbonyl (C=O) groups is 1. The van der Waals surface area contributed by atoms with Crippen molar-refractivity contribution in [3.05, 3.63) is 71.5 Å². The van der Waals surface area contributed by atoms with Gasteiger partial charge in [-0.15, -0.1) is 11.8 Å². The Hall–Kier alpha value is -2.99. The number of thioether (sulfide) groups is 1. The molecule has 0 unspecified atom stereocenters. The summed E-state index contributed by atoms with van der Waals surface area (Å²) in [5.74, 6) is 1.23. The molecule has 2 aromatic carbocycles. The molecule has 0 atom stereocenters. The average molecular weight is 375 g/mol. The van der Waals surface area contributed by atoms with E-state index in [1.54, 1.807) is 11.8 Å². The number of aromatic nitrogens is 2. The number of H-pyrrole nitrogens is 1. The summed E-state index contributed by atoms with van der Waals surface area (Å²) in [5, 5.41) is 8.23. The molecular formula is C21H17N3O2S. The second-order valence-corrected chi connectivity index (χ2v) is 7.51. The molecule has 0 fully saturated rings. The van der Waals surface area contributed by atoms with Crippen LogP contribution in [0.2, 0.25) is 0 Å². The number of hydrogen-bond acceptors (Lipinski definition) is 4. The predicted molar refractivity (Wildman–Crippen MR) is 106 cm³/mol. The fraction of sp³-hybridized carbons (Fsp3) is 0.143. The van der Waals surface area contributed by atoms with Crippen LogP contribution in [0.1, 0.15) is 21.6 Å². The summed E-state index contributed by atoms with van der Waals surface area (Å²) in [4.78, 5) is 17.1. The lowest BCUT2D eigenvalue weighted by molar-refractivity contribution is 0.0944. The van der Waals surface area contributed by atoms with Gasteiger partial charge in [-0.05, 0) is 30.2 Å². The third kappa shape index (κ3) is 2.82. The minimum Gasteiger partial charge on any atom is -0.361 e. The minimum absolute atomic E-state index is 0.181. The Morgan fingerprint density at radius 2 is 2.04 bits per heavy atom. The smallest absolute Gasteiger partial charge is 0.273 e. The SMILES string of the molecule is O=C(NCCc1c[nH]c2ccccc12)c1noc2c1CSc1ccccc1-2. The molecule has 1 amide bonds. The lowest BCUT2D eigenvalue weighted by Gasteiger charge is -2.13. The minimum atomic E-state index is -0.181. The highest BCUT2D eigenvalue weighted by molar-refractivity contribution is 7.98. The Labute approximate surface area is 160 Å². The van der Waals surface area contributed by atoms with E-state index in [9.17, 15) is 4.79 Å². The van der Waals surface area contributed by atoms with Gasteiger partial charge in [0.1, 0.15) is 0 Å². The van der Waals surface area contributed by atoms with Gasteiger partial charge in [0.25, 0.3) is 5.91 Å². The van der Waals surface area contributed by atoms with Crippen LogP contribution in [0.5, 0.6) is 0 Å². The van der Waals surface area contributed by atoms with E-state index in [0.717, 1.165) is 28.0 Å². The van der Waals surface area contributed by atoms with E-state index in [4.69, 9.17) is 4.52 Å². The first kappa shape index (κ1) is 16.2. The van der Waals surface area contributed by atoms with Crippen LogP contribution in [0.4, 0.5) is 0 Å². The number of benzene rings is 2. The van der Waals surface area contributed by atoms with Crippen LogP contribution in [0.3, 0.4) is 0 Å². The molecule has 0 spiro atoms. The topological polar surface area (TPSA) is 70.9 Å². The molecule has 5 nitrogen and oxygen atoms in total. The van der Waals surface area contributed by atoms with E-state index < -0.39 is 0 Å². The summed E-state index contributed by atoms with van der Waals surface area (Å²) in [7, 11) is 0. The maximum Gasteiger partial charge on any atom is 0.273 e. The molecule has 0 saturated carbocycles. The molecule has 0 radical (unpaired) electrons. The van der Waals surface area contributed by atoms with Gasteiger partial charge in [0.15, 0.2) is 11.5 Å². The summed E-state index contributed by atoms with van der Waals surface area (Å²) in [6, 6.07) is 16.2. The lowest BCUT2D eigenvalue weighted by Crippen LogP contribution is -2.27. The highest BCUT2D eigenvalue weighted by Crippen LogP contribution is 2.42. The fourth-order valence-corrected chi connectivity index (χ4v) is 4.55. The third-order valence-corrected chi connectivity index (χ3v) is 5.96. The van der Waals surface area contributed by atoms with Crippen LogP contribution in [-0.2, 0) is 12.2 Å². The van der Waals surface area contributed by atoms with Gasteiger partial charge in [0.05, 0.1) is 0 Å². The van der Waals surface area contributed by atoms with Gasteiger partial charge in [0, 0.05) is 45.4 Å². The number of amides is 1. The molecule has 5 rings (SSSR count). The number of nitrogens with zero attached hydrogens (tertiary/aromatic N) is 1. The number of rotatable bonds is 4. The molecule has 27 heavy (non-hydrogen) atoms. The first-order valence-corrected chi connectivity index (χ1v) is 9.84. The summed E-state index contributed by atoms with van der Waals surface area (Å²) in [6.07, 6.45) is 2.76. The van der Waals surface area contributed by atoms with E-state index in [-0.39, 0.29) is 5.91 Å². The number of para-hydroxylation sites is 1. The monoisotopic (exact) mass is 375 g/mol. The number of nitrogens with one attached hydrogen (secondary N) is 2. The molecule has 6 heteroatoms. The maximum absolute atomic E-state index is 12.6. The molecule has 1 aliphatic rings. The molecule has 0 saturated heterocycles. The number of fused-ring (bicyclic) bond motifs is 4. The van der Waals surface area contributed by atoms with Gasteiger partial charge in [-0.3, -0.25) is 4.79 Å². The molecule has 0 bridgehead atoms. The van der Waals surface area contributed by atoms with Crippen LogP contribution in [-0.4, -0.2) is 22.6 Å². The van der Waals surface area contributed by atoms with Crippen molar-refractivity contribution in [2.75, 3.05) is 6.54 Å². The van der Waals surface area contributed by atoms with Gasteiger partial charge in [-0.2, -0.15) is 0 Å². The highest BCUT2D eigenvalue weighted by Gasteiger charge is 2.27. The number of hydrogen-bond donors (Lipinski definition) is 2. The van der Waals surface area contributed by atoms with Gasteiger partial charge < -0.3 is 14.8 Å². The summed E-state index contributed by atoms with van der Waals surface area (Å²) in [5.41, 5.74) is 4.58. The second kappa shape index (κ2) is 6.63. The third-order valence-electron chi connectivity index (χ3n) is 4.86. The Morgan fingerprint density at radius 3 is 3.00 bits per heavy atom. The quantitative estimate of drug-likeness (QED) is 0.555. The molecule has 2 N–H and O–H groups in total.